The molecule has 3 nitrogen and oxygen atoms in total. The minimum absolute atomic E-state index is 0.233. The number of para-hydroxylation sites is 1. The molecule has 0 saturated heterocycles. The van der Waals surface area contributed by atoms with Crippen molar-refractivity contribution >= 4 is 11.0 Å². The van der Waals surface area contributed by atoms with E-state index in [-0.39, 0.29) is 6.04 Å². The van der Waals surface area contributed by atoms with Gasteiger partial charge in [-0.15, -0.1) is 0 Å². The molecule has 0 aliphatic heterocycles. The Labute approximate surface area is 144 Å². The van der Waals surface area contributed by atoms with Crippen LogP contribution >= 0.6 is 0 Å². The lowest BCUT2D eigenvalue weighted by Gasteiger charge is -2.17. The maximum absolute atomic E-state index is 5.91. The summed E-state index contributed by atoms with van der Waals surface area (Å²) in [5.41, 5.74) is 2.33. The minimum atomic E-state index is 0.233. The Morgan fingerprint density at radius 3 is 2.58 bits per heavy atom. The number of rotatable bonds is 8. The van der Waals surface area contributed by atoms with Gasteiger partial charge in [0.05, 0.1) is 6.04 Å². The highest BCUT2D eigenvalue weighted by atomic mass is 16.3. The van der Waals surface area contributed by atoms with Crippen LogP contribution in [0.2, 0.25) is 0 Å². The molecule has 2 aromatic carbocycles. The predicted octanol–water partition coefficient (Wildman–Crippen LogP) is 4.61. The molecule has 0 radical (unpaired) electrons. The second-order valence-corrected chi connectivity index (χ2v) is 6.44. The van der Waals surface area contributed by atoms with Crippen LogP contribution in [0.3, 0.4) is 0 Å². The summed E-state index contributed by atoms with van der Waals surface area (Å²) < 4.78 is 5.91. The van der Waals surface area contributed by atoms with Crippen molar-refractivity contribution in [2.24, 2.45) is 0 Å². The lowest BCUT2D eigenvalue weighted by Crippen LogP contribution is -2.25. The van der Waals surface area contributed by atoms with Crippen LogP contribution in [0.25, 0.3) is 11.0 Å². The van der Waals surface area contributed by atoms with Gasteiger partial charge >= 0.3 is 0 Å². The largest absolute Gasteiger partial charge is 0.459 e. The van der Waals surface area contributed by atoms with E-state index in [9.17, 15) is 0 Å². The van der Waals surface area contributed by atoms with E-state index in [0.29, 0.717) is 0 Å². The highest BCUT2D eigenvalue weighted by Crippen LogP contribution is 2.23. The molecule has 126 valence electrons. The summed E-state index contributed by atoms with van der Waals surface area (Å²) in [6, 6.07) is 21.1. The van der Waals surface area contributed by atoms with Gasteiger partial charge in [0.2, 0.25) is 0 Å². The first-order chi connectivity index (χ1) is 11.7. The standard InChI is InChI=1S/C21H26N2O/c1-17(21-15-19-11-6-7-12-20(19)24-21)22-13-8-14-23(2)16-18-9-4-3-5-10-18/h3-7,9-12,15,17,22H,8,13-14,16H2,1-2H3. The lowest BCUT2D eigenvalue weighted by molar-refractivity contribution is 0.315. The molecule has 3 rings (SSSR count). The second kappa shape index (κ2) is 8.13. The highest BCUT2D eigenvalue weighted by molar-refractivity contribution is 5.77. The molecule has 0 spiro atoms. The molecule has 3 heteroatoms. The topological polar surface area (TPSA) is 28.4 Å². The van der Waals surface area contributed by atoms with Gasteiger partial charge in [-0.2, -0.15) is 0 Å². The third kappa shape index (κ3) is 4.47. The maximum atomic E-state index is 5.91. The zero-order valence-corrected chi connectivity index (χ0v) is 14.5. The van der Waals surface area contributed by atoms with Gasteiger partial charge in [-0.3, -0.25) is 0 Å². The van der Waals surface area contributed by atoms with Gasteiger partial charge in [0, 0.05) is 11.9 Å². The van der Waals surface area contributed by atoms with Crippen molar-refractivity contribution in [3.05, 3.63) is 72.0 Å². The summed E-state index contributed by atoms with van der Waals surface area (Å²) in [6.07, 6.45) is 1.12. The van der Waals surface area contributed by atoms with Crippen molar-refractivity contribution in [3.8, 4) is 0 Å². The normalized spacial score (nSPS) is 12.8. The van der Waals surface area contributed by atoms with Gasteiger partial charge in [0.25, 0.3) is 0 Å². The molecule has 24 heavy (non-hydrogen) atoms. The van der Waals surface area contributed by atoms with Crippen LogP contribution in [-0.2, 0) is 6.54 Å². The van der Waals surface area contributed by atoms with E-state index in [2.05, 4.69) is 66.7 Å². The summed E-state index contributed by atoms with van der Waals surface area (Å²) in [7, 11) is 2.18. The molecule has 0 aliphatic carbocycles. The molecule has 0 saturated carbocycles. The van der Waals surface area contributed by atoms with Crippen LogP contribution in [-0.4, -0.2) is 25.0 Å². The summed E-state index contributed by atoms with van der Waals surface area (Å²) in [6.45, 7) is 5.22. The molecule has 0 fully saturated rings. The number of hydrogen-bond acceptors (Lipinski definition) is 3. The summed E-state index contributed by atoms with van der Waals surface area (Å²) >= 11 is 0. The Morgan fingerprint density at radius 2 is 1.79 bits per heavy atom. The van der Waals surface area contributed by atoms with Gasteiger partial charge in [0.15, 0.2) is 0 Å². The van der Waals surface area contributed by atoms with Gasteiger partial charge in [-0.05, 0) is 51.2 Å². The zero-order valence-electron chi connectivity index (χ0n) is 14.5. The highest BCUT2D eigenvalue weighted by Gasteiger charge is 2.10. The van der Waals surface area contributed by atoms with Crippen LogP contribution in [0, 0.1) is 0 Å². The number of benzene rings is 2. The summed E-state index contributed by atoms with van der Waals surface area (Å²) in [4.78, 5) is 2.36. The van der Waals surface area contributed by atoms with Crippen molar-refractivity contribution in [1.82, 2.24) is 10.2 Å². The van der Waals surface area contributed by atoms with E-state index in [1.807, 2.05) is 18.2 Å². The average molecular weight is 322 g/mol. The Bertz CT molecular complexity index is 718. The number of fused-ring (bicyclic) bond motifs is 1. The number of nitrogens with zero attached hydrogens (tertiary/aromatic N) is 1. The number of nitrogens with one attached hydrogen (secondary N) is 1. The van der Waals surface area contributed by atoms with Crippen molar-refractivity contribution in [3.63, 3.8) is 0 Å². The first-order valence-electron chi connectivity index (χ1n) is 8.67. The Morgan fingerprint density at radius 1 is 1.04 bits per heavy atom. The Hall–Kier alpha value is -2.10. The summed E-state index contributed by atoms with van der Waals surface area (Å²) in [5.74, 6) is 1.01. The van der Waals surface area contributed by atoms with E-state index in [0.717, 1.165) is 37.4 Å². The molecule has 0 aliphatic rings. The quantitative estimate of drug-likeness (QED) is 0.614. The van der Waals surface area contributed by atoms with E-state index < -0.39 is 0 Å². The van der Waals surface area contributed by atoms with Crippen LogP contribution in [0.5, 0.6) is 0 Å². The van der Waals surface area contributed by atoms with Crippen LogP contribution in [0.15, 0.2) is 65.1 Å². The van der Waals surface area contributed by atoms with E-state index in [1.165, 1.54) is 10.9 Å². The Balaban J connectivity index is 1.41. The lowest BCUT2D eigenvalue weighted by atomic mass is 10.2. The fraction of sp³-hybridized carbons (Fsp3) is 0.333. The molecular weight excluding hydrogens is 296 g/mol. The third-order valence-corrected chi connectivity index (χ3v) is 4.33. The van der Waals surface area contributed by atoms with Crippen LogP contribution in [0.1, 0.15) is 30.7 Å². The van der Waals surface area contributed by atoms with Crippen LogP contribution < -0.4 is 5.32 Å². The van der Waals surface area contributed by atoms with Gasteiger partial charge in [-0.1, -0.05) is 48.5 Å². The van der Waals surface area contributed by atoms with Crippen molar-refractivity contribution in [2.75, 3.05) is 20.1 Å². The van der Waals surface area contributed by atoms with Crippen LogP contribution in [0.4, 0.5) is 0 Å². The van der Waals surface area contributed by atoms with E-state index in [4.69, 9.17) is 4.42 Å². The number of furan rings is 1. The van der Waals surface area contributed by atoms with Gasteiger partial charge in [-0.25, -0.2) is 0 Å². The fourth-order valence-electron chi connectivity index (χ4n) is 2.96. The molecule has 0 bridgehead atoms. The smallest absolute Gasteiger partial charge is 0.134 e. The predicted molar refractivity (Wildman–Crippen MR) is 100 cm³/mol. The number of hydrogen-bond donors (Lipinski definition) is 1. The Kier molecular flexibility index (Phi) is 5.68. The van der Waals surface area contributed by atoms with E-state index in [1.54, 1.807) is 0 Å². The van der Waals surface area contributed by atoms with Gasteiger partial charge < -0.3 is 14.6 Å². The first-order valence-corrected chi connectivity index (χ1v) is 8.67. The molecular formula is C21H26N2O. The summed E-state index contributed by atoms with van der Waals surface area (Å²) in [5, 5.41) is 4.73. The SMILES string of the molecule is CC(NCCCN(C)Cc1ccccc1)c1cc2ccccc2o1. The zero-order chi connectivity index (χ0) is 16.8. The molecule has 1 unspecified atom stereocenters. The molecule has 1 aromatic heterocycles. The van der Waals surface area contributed by atoms with Crippen molar-refractivity contribution in [2.45, 2.75) is 25.9 Å². The second-order valence-electron chi connectivity index (χ2n) is 6.44. The maximum Gasteiger partial charge on any atom is 0.134 e. The first kappa shape index (κ1) is 16.7. The third-order valence-electron chi connectivity index (χ3n) is 4.33. The van der Waals surface area contributed by atoms with Crippen molar-refractivity contribution < 1.29 is 4.42 Å². The molecule has 1 N–H and O–H groups in total. The average Bonchev–Trinajstić information content (AvgIpc) is 3.04. The van der Waals surface area contributed by atoms with Gasteiger partial charge in [0.1, 0.15) is 11.3 Å². The fourth-order valence-corrected chi connectivity index (χ4v) is 2.96. The molecule has 0 amide bonds. The molecule has 3 aromatic rings. The van der Waals surface area contributed by atoms with Crippen molar-refractivity contribution in [1.29, 1.82) is 0 Å². The van der Waals surface area contributed by atoms with E-state index >= 15 is 0 Å². The monoisotopic (exact) mass is 322 g/mol. The molecule has 1 atom stereocenters. The minimum Gasteiger partial charge on any atom is -0.459 e. The molecule has 1 heterocycles.